The van der Waals surface area contributed by atoms with Gasteiger partial charge in [-0.2, -0.15) is 4.31 Å². The van der Waals surface area contributed by atoms with Gasteiger partial charge in [-0.15, -0.1) is 0 Å². The van der Waals surface area contributed by atoms with E-state index in [1.807, 2.05) is 0 Å². The number of piperidine rings is 1. The van der Waals surface area contributed by atoms with Crippen LogP contribution >= 0.6 is 0 Å². The molecular weight excluding hydrogens is 283 g/mol. The van der Waals surface area contributed by atoms with E-state index in [0.29, 0.717) is 24.9 Å². The number of halogens is 1. The molecule has 1 atom stereocenters. The lowest BCUT2D eigenvalue weighted by Gasteiger charge is -2.30. The zero-order chi connectivity index (χ0) is 15.1. The molecule has 1 aliphatic heterocycles. The Kier molecular flexibility index (Phi) is 4.04. The van der Waals surface area contributed by atoms with Crippen molar-refractivity contribution in [3.8, 4) is 0 Å². The van der Waals surface area contributed by atoms with Crippen LogP contribution in [0.4, 0.5) is 10.1 Å². The third-order valence-corrected chi connectivity index (χ3v) is 5.82. The van der Waals surface area contributed by atoms with Gasteiger partial charge in [0.2, 0.25) is 10.0 Å². The zero-order valence-corrected chi connectivity index (χ0v) is 12.4. The summed E-state index contributed by atoms with van der Waals surface area (Å²) in [6, 6.07) is 1.13. The van der Waals surface area contributed by atoms with E-state index in [0.717, 1.165) is 6.07 Å². The number of rotatable bonds is 2. The molecule has 0 radical (unpaired) electrons. The van der Waals surface area contributed by atoms with Gasteiger partial charge < -0.3 is 10.8 Å². The lowest BCUT2D eigenvalue weighted by molar-refractivity contribution is 0.108. The fraction of sp³-hybridized carbons (Fsp3) is 0.538. The Morgan fingerprint density at radius 2 is 2.10 bits per heavy atom. The Balaban J connectivity index is 2.52. The summed E-state index contributed by atoms with van der Waals surface area (Å²) in [5.74, 6) is -0.613. The number of nitrogens with zero attached hydrogens (tertiary/aromatic N) is 1. The summed E-state index contributed by atoms with van der Waals surface area (Å²) in [5, 5.41) is 9.64. The molecule has 0 amide bonds. The summed E-state index contributed by atoms with van der Waals surface area (Å²) in [5.41, 5.74) is 6.00. The quantitative estimate of drug-likeness (QED) is 0.803. The van der Waals surface area contributed by atoms with Gasteiger partial charge in [0.1, 0.15) is 5.82 Å². The van der Waals surface area contributed by atoms with Gasteiger partial charge in [-0.25, -0.2) is 12.8 Å². The molecule has 7 heteroatoms. The zero-order valence-electron chi connectivity index (χ0n) is 11.6. The van der Waals surface area contributed by atoms with Crippen LogP contribution in [-0.2, 0) is 10.0 Å². The van der Waals surface area contributed by atoms with Gasteiger partial charge in [-0.05, 0) is 43.9 Å². The molecule has 0 aliphatic carbocycles. The van der Waals surface area contributed by atoms with Crippen molar-refractivity contribution >= 4 is 15.7 Å². The highest BCUT2D eigenvalue weighted by Gasteiger charge is 2.32. The van der Waals surface area contributed by atoms with E-state index in [1.54, 1.807) is 6.92 Å². The van der Waals surface area contributed by atoms with Crippen LogP contribution < -0.4 is 5.73 Å². The Labute approximate surface area is 118 Å². The molecule has 112 valence electrons. The van der Waals surface area contributed by atoms with Crippen molar-refractivity contribution in [3.63, 3.8) is 0 Å². The molecule has 2 rings (SSSR count). The second-order valence-electron chi connectivity index (χ2n) is 5.20. The molecule has 3 N–H and O–H groups in total. The second kappa shape index (κ2) is 5.31. The van der Waals surface area contributed by atoms with E-state index >= 15 is 0 Å². The summed E-state index contributed by atoms with van der Waals surface area (Å²) >= 11 is 0. The lowest BCUT2D eigenvalue weighted by Crippen LogP contribution is -2.42. The minimum absolute atomic E-state index is 0.0468. The minimum Gasteiger partial charge on any atom is -0.396 e. The fourth-order valence-corrected chi connectivity index (χ4v) is 4.55. The Hall–Kier alpha value is -1.18. The van der Waals surface area contributed by atoms with Gasteiger partial charge in [0.25, 0.3) is 0 Å². The predicted octanol–water partition coefficient (Wildman–Crippen LogP) is 1.17. The normalized spacial score (nSPS) is 21.1. The Morgan fingerprint density at radius 3 is 2.70 bits per heavy atom. The largest absolute Gasteiger partial charge is 0.396 e. The molecule has 1 heterocycles. The highest BCUT2D eigenvalue weighted by molar-refractivity contribution is 7.89. The van der Waals surface area contributed by atoms with Crippen LogP contribution in [0.2, 0.25) is 0 Å². The van der Waals surface area contributed by atoms with Crippen LogP contribution in [0, 0.1) is 19.7 Å². The molecule has 1 aliphatic rings. The number of nitrogens with two attached hydrogens (primary N) is 1. The first-order chi connectivity index (χ1) is 9.25. The molecule has 1 unspecified atom stereocenters. The molecule has 0 bridgehead atoms. The summed E-state index contributed by atoms with van der Waals surface area (Å²) in [6.07, 6.45) is 0.543. The maximum absolute atomic E-state index is 13.5. The summed E-state index contributed by atoms with van der Waals surface area (Å²) in [4.78, 5) is 0.0468. The van der Waals surface area contributed by atoms with Crippen LogP contribution in [0.5, 0.6) is 0 Å². The lowest BCUT2D eigenvalue weighted by atomic mass is 10.1. The van der Waals surface area contributed by atoms with Crippen molar-refractivity contribution in [2.75, 3.05) is 18.8 Å². The number of β-amino-alcohol motifs (C(OH)–C–C–N with tert-alkyl or cyclic N) is 1. The van der Waals surface area contributed by atoms with Crippen molar-refractivity contribution in [2.45, 2.75) is 37.7 Å². The van der Waals surface area contributed by atoms with Crippen LogP contribution in [0.1, 0.15) is 24.0 Å². The van der Waals surface area contributed by atoms with Gasteiger partial charge in [0, 0.05) is 13.1 Å². The number of anilines is 1. The number of sulfonamides is 1. The second-order valence-corrected chi connectivity index (χ2v) is 7.08. The van der Waals surface area contributed by atoms with Gasteiger partial charge >= 0.3 is 0 Å². The third kappa shape index (κ3) is 2.53. The summed E-state index contributed by atoms with van der Waals surface area (Å²) in [6.45, 7) is 3.47. The highest BCUT2D eigenvalue weighted by Crippen LogP contribution is 2.31. The smallest absolute Gasteiger partial charge is 0.243 e. The van der Waals surface area contributed by atoms with Gasteiger partial charge in [-0.1, -0.05) is 0 Å². The predicted molar refractivity (Wildman–Crippen MR) is 74.3 cm³/mol. The van der Waals surface area contributed by atoms with E-state index in [1.165, 1.54) is 11.2 Å². The average Bonchev–Trinajstić information content (AvgIpc) is 2.36. The van der Waals surface area contributed by atoms with E-state index in [9.17, 15) is 17.9 Å². The first-order valence-corrected chi connectivity index (χ1v) is 7.92. The molecule has 1 aromatic carbocycles. The van der Waals surface area contributed by atoms with Crippen LogP contribution in [0.15, 0.2) is 11.0 Å². The number of aryl methyl sites for hydroxylation is 1. The highest BCUT2D eigenvalue weighted by atomic mass is 32.2. The minimum atomic E-state index is -3.77. The number of hydrogen-bond donors (Lipinski definition) is 2. The maximum atomic E-state index is 13.5. The van der Waals surface area contributed by atoms with Crippen molar-refractivity contribution in [3.05, 3.63) is 23.0 Å². The average molecular weight is 302 g/mol. The topological polar surface area (TPSA) is 83.6 Å². The van der Waals surface area contributed by atoms with Crippen molar-refractivity contribution in [1.29, 1.82) is 0 Å². The molecule has 0 spiro atoms. The number of nitrogen functional groups attached to an aromatic ring is 1. The molecular formula is C13H19FN2O3S. The molecule has 0 saturated carbocycles. The van der Waals surface area contributed by atoms with Crippen LogP contribution in [-0.4, -0.2) is 37.0 Å². The van der Waals surface area contributed by atoms with Crippen molar-refractivity contribution in [2.24, 2.45) is 0 Å². The van der Waals surface area contributed by atoms with Gasteiger partial charge in [0.15, 0.2) is 0 Å². The fourth-order valence-electron chi connectivity index (χ4n) is 2.60. The summed E-state index contributed by atoms with van der Waals surface area (Å²) < 4.78 is 40.1. The molecule has 1 saturated heterocycles. The maximum Gasteiger partial charge on any atom is 0.243 e. The number of aliphatic hydroxyl groups excluding tert-OH is 1. The standard InChI is InChI=1S/C13H19FN2O3S/c1-8-6-11(14)12(15)9(2)13(8)20(18,19)16-5-3-4-10(17)7-16/h6,10,17H,3-5,7,15H2,1-2H3. The van der Waals surface area contributed by atoms with Crippen molar-refractivity contribution < 1.29 is 17.9 Å². The van der Waals surface area contributed by atoms with Gasteiger partial charge in [0.05, 0.1) is 16.7 Å². The molecule has 5 nitrogen and oxygen atoms in total. The van der Waals surface area contributed by atoms with Gasteiger partial charge in [-0.3, -0.25) is 0 Å². The molecule has 1 fully saturated rings. The first kappa shape index (κ1) is 15.2. The SMILES string of the molecule is Cc1cc(F)c(N)c(C)c1S(=O)(=O)N1CCCC(O)C1. The van der Waals surface area contributed by atoms with Crippen LogP contribution in [0.25, 0.3) is 0 Å². The van der Waals surface area contributed by atoms with Crippen LogP contribution in [0.3, 0.4) is 0 Å². The Bertz CT molecular complexity index is 631. The van der Waals surface area contributed by atoms with E-state index in [-0.39, 0.29) is 22.7 Å². The molecule has 20 heavy (non-hydrogen) atoms. The Morgan fingerprint density at radius 1 is 1.45 bits per heavy atom. The van der Waals surface area contributed by atoms with E-state index < -0.39 is 21.9 Å². The van der Waals surface area contributed by atoms with Crippen molar-refractivity contribution in [1.82, 2.24) is 4.31 Å². The molecule has 1 aromatic rings. The number of aliphatic hydroxyl groups is 1. The number of benzene rings is 1. The van der Waals surface area contributed by atoms with E-state index in [4.69, 9.17) is 5.73 Å². The number of hydrogen-bond acceptors (Lipinski definition) is 4. The molecule has 0 aromatic heterocycles. The van der Waals surface area contributed by atoms with E-state index in [2.05, 4.69) is 0 Å². The third-order valence-electron chi connectivity index (χ3n) is 3.66. The first-order valence-electron chi connectivity index (χ1n) is 6.48. The summed E-state index contributed by atoms with van der Waals surface area (Å²) in [7, 11) is -3.77. The monoisotopic (exact) mass is 302 g/mol.